The minimum absolute atomic E-state index is 0.0464. The lowest BCUT2D eigenvalue weighted by Gasteiger charge is -2.14. The highest BCUT2D eigenvalue weighted by atomic mass is 32.2. The molecule has 10 nitrogen and oxygen atoms in total. The van der Waals surface area contributed by atoms with E-state index in [4.69, 9.17) is 15.7 Å². The first-order valence-electron chi connectivity index (χ1n) is 11.1. The Morgan fingerprint density at radius 1 is 1.00 bits per heavy atom. The van der Waals surface area contributed by atoms with Crippen LogP contribution in [0.2, 0.25) is 0 Å². The van der Waals surface area contributed by atoms with Crippen LogP contribution in [0.25, 0.3) is 10.8 Å². The summed E-state index contributed by atoms with van der Waals surface area (Å²) in [6.45, 7) is 1.71. The van der Waals surface area contributed by atoms with Crippen molar-refractivity contribution < 1.29 is 29.3 Å². The maximum absolute atomic E-state index is 12.7. The van der Waals surface area contributed by atoms with Crippen LogP contribution < -0.4 is 15.8 Å². The zero-order chi connectivity index (χ0) is 26.2. The summed E-state index contributed by atoms with van der Waals surface area (Å²) in [7, 11) is 0. The number of nitrogen functional groups attached to an aromatic ring is 1. The monoisotopic (exact) mass is 520 g/mol. The molecule has 0 radical (unpaired) electrons. The van der Waals surface area contributed by atoms with Crippen molar-refractivity contribution in [1.82, 2.24) is 0 Å². The Labute approximate surface area is 216 Å². The van der Waals surface area contributed by atoms with Gasteiger partial charge in [-0.05, 0) is 77.9 Å². The summed E-state index contributed by atoms with van der Waals surface area (Å²) >= 11 is 0.886. The fourth-order valence-electron chi connectivity index (χ4n) is 3.48. The number of fused-ring (bicyclic) bond motifs is 1. The van der Waals surface area contributed by atoms with Crippen molar-refractivity contribution in [2.75, 3.05) is 24.3 Å². The molecule has 11 heteroatoms. The maximum Gasteiger partial charge on any atom is 0.255 e. The molecular formula is C26H24N4O6S. The number of ether oxygens (including phenoxy) is 1. The molecule has 4 aromatic rings. The first kappa shape index (κ1) is 26.1. The Kier molecular flexibility index (Phi) is 8.67. The van der Waals surface area contributed by atoms with Gasteiger partial charge in [-0.3, -0.25) is 4.79 Å². The largest absolute Gasteiger partial charge is 0.489 e. The second kappa shape index (κ2) is 12.3. The Morgan fingerprint density at radius 2 is 1.76 bits per heavy atom. The minimum Gasteiger partial charge on any atom is -0.489 e. The molecule has 0 aromatic heterocycles. The van der Waals surface area contributed by atoms with Crippen molar-refractivity contribution in [3.05, 3.63) is 83.9 Å². The number of nitrogens with one attached hydrogen (secondary N) is 1. The number of hydrogen-bond donors (Lipinski definition) is 4. The van der Waals surface area contributed by atoms with E-state index < -0.39 is 0 Å². The van der Waals surface area contributed by atoms with E-state index in [1.807, 2.05) is 43.3 Å². The molecular weight excluding hydrogens is 496 g/mol. The molecule has 0 saturated heterocycles. The lowest BCUT2D eigenvalue weighted by Crippen LogP contribution is -2.14. The molecule has 0 saturated carbocycles. The number of azo groups is 1. The van der Waals surface area contributed by atoms with E-state index in [1.165, 1.54) is 0 Å². The molecule has 0 unspecified atom stereocenters. The zero-order valence-corrected chi connectivity index (χ0v) is 20.6. The van der Waals surface area contributed by atoms with Gasteiger partial charge in [0.1, 0.15) is 12.4 Å². The fraction of sp³-hybridized carbons (Fsp3) is 0.115. The van der Waals surface area contributed by atoms with Crippen molar-refractivity contribution >= 4 is 51.5 Å². The van der Waals surface area contributed by atoms with Gasteiger partial charge in [0.05, 0.1) is 35.7 Å². The van der Waals surface area contributed by atoms with E-state index >= 15 is 0 Å². The zero-order valence-electron chi connectivity index (χ0n) is 19.7. The molecule has 5 N–H and O–H groups in total. The summed E-state index contributed by atoms with van der Waals surface area (Å²) in [4.78, 5) is 13.5. The predicted octanol–water partition coefficient (Wildman–Crippen LogP) is 6.20. The van der Waals surface area contributed by atoms with Crippen LogP contribution in [-0.4, -0.2) is 29.5 Å². The van der Waals surface area contributed by atoms with Gasteiger partial charge in [-0.2, -0.15) is 10.2 Å². The number of aryl methyl sites for hydroxylation is 1. The molecule has 190 valence electrons. The Morgan fingerprint density at radius 3 is 2.51 bits per heavy atom. The molecule has 1 amide bonds. The van der Waals surface area contributed by atoms with Crippen molar-refractivity contribution in [3.8, 4) is 5.75 Å². The number of nitrogens with two attached hydrogens (primary N) is 1. The Bertz CT molecular complexity index is 1430. The van der Waals surface area contributed by atoms with Gasteiger partial charge in [-0.25, -0.2) is 5.26 Å². The first-order valence-corrected chi connectivity index (χ1v) is 11.9. The highest BCUT2D eigenvalue weighted by Gasteiger charge is 2.13. The molecule has 0 aliphatic carbocycles. The normalized spacial score (nSPS) is 11.2. The standard InChI is InChI=1S/C26H24N4O6S/c1-16-12-24(28-26(32)17-2-6-20(27)7-3-17)25(34-11-10-31)15-23(16)30-29-21-8-4-19-14-22(37-36-35-33)9-5-18(19)13-21/h2-9,12-15,31,33H,10-11,27H2,1H3,(H,28,32)/b30-29+. The Hall–Kier alpha value is -4.00. The number of hydrogen-bond acceptors (Lipinski definition) is 10. The average molecular weight is 521 g/mol. The third-order valence-electron chi connectivity index (χ3n) is 5.30. The fourth-order valence-corrected chi connectivity index (χ4v) is 3.89. The van der Waals surface area contributed by atoms with E-state index in [-0.39, 0.29) is 19.1 Å². The van der Waals surface area contributed by atoms with Crippen LogP contribution >= 0.6 is 12.0 Å². The van der Waals surface area contributed by atoms with Crippen molar-refractivity contribution in [1.29, 1.82) is 0 Å². The number of carbonyl (C=O) groups excluding carboxylic acids is 1. The number of amides is 1. The van der Waals surface area contributed by atoms with Gasteiger partial charge in [0.15, 0.2) is 0 Å². The number of anilines is 2. The predicted molar refractivity (Wildman–Crippen MR) is 141 cm³/mol. The molecule has 4 rings (SSSR count). The summed E-state index contributed by atoms with van der Waals surface area (Å²) in [5, 5.41) is 34.7. The molecule has 37 heavy (non-hydrogen) atoms. The summed E-state index contributed by atoms with van der Waals surface area (Å²) in [6, 6.07) is 21.2. The molecule has 0 aliphatic heterocycles. The van der Waals surface area contributed by atoms with Gasteiger partial charge in [0, 0.05) is 22.2 Å². The van der Waals surface area contributed by atoms with Crippen molar-refractivity contribution in [2.24, 2.45) is 10.2 Å². The molecule has 0 aliphatic rings. The van der Waals surface area contributed by atoms with Gasteiger partial charge < -0.3 is 20.9 Å². The van der Waals surface area contributed by atoms with Gasteiger partial charge >= 0.3 is 0 Å². The molecule has 0 fully saturated rings. The van der Waals surface area contributed by atoms with Gasteiger partial charge in [-0.15, -0.1) is 4.33 Å². The third-order valence-corrected chi connectivity index (χ3v) is 5.87. The number of nitrogens with zero attached hydrogens (tertiary/aromatic N) is 2. The molecule has 0 bridgehead atoms. The number of rotatable bonds is 10. The number of benzene rings is 4. The molecule has 4 aromatic carbocycles. The van der Waals surface area contributed by atoms with Crippen LogP contribution in [0, 0.1) is 6.92 Å². The number of aliphatic hydroxyl groups is 1. The van der Waals surface area contributed by atoms with Crippen LogP contribution in [0.15, 0.2) is 87.9 Å². The van der Waals surface area contributed by atoms with E-state index in [9.17, 15) is 9.90 Å². The van der Waals surface area contributed by atoms with Gasteiger partial charge in [0.2, 0.25) is 0 Å². The van der Waals surface area contributed by atoms with Crippen LogP contribution in [0.4, 0.5) is 22.7 Å². The summed E-state index contributed by atoms with van der Waals surface area (Å²) in [5.74, 6) is 0.0332. The number of carbonyl (C=O) groups is 1. The maximum atomic E-state index is 12.7. The lowest BCUT2D eigenvalue weighted by molar-refractivity contribution is -0.432. The van der Waals surface area contributed by atoms with E-state index in [1.54, 1.807) is 36.4 Å². The molecule has 0 spiro atoms. The van der Waals surface area contributed by atoms with E-state index in [0.29, 0.717) is 34.1 Å². The van der Waals surface area contributed by atoms with E-state index in [2.05, 4.69) is 24.9 Å². The van der Waals surface area contributed by atoms with Gasteiger partial charge in [0.25, 0.3) is 5.91 Å². The summed E-state index contributed by atoms with van der Waals surface area (Å²) in [6.07, 6.45) is 0. The lowest BCUT2D eigenvalue weighted by atomic mass is 10.1. The summed E-state index contributed by atoms with van der Waals surface area (Å²) < 4.78 is 10.1. The SMILES string of the molecule is Cc1cc(NC(=O)c2ccc(N)cc2)c(OCCO)cc1/N=N/c1ccc2cc(SOOO)ccc2c1. The highest BCUT2D eigenvalue weighted by molar-refractivity contribution is 7.94. The van der Waals surface area contributed by atoms with Crippen LogP contribution in [0.1, 0.15) is 15.9 Å². The highest BCUT2D eigenvalue weighted by Crippen LogP contribution is 2.35. The van der Waals surface area contributed by atoms with Crippen LogP contribution in [0.3, 0.4) is 0 Å². The first-order chi connectivity index (χ1) is 18.0. The van der Waals surface area contributed by atoms with E-state index in [0.717, 1.165) is 33.3 Å². The third kappa shape index (κ3) is 6.82. The van der Waals surface area contributed by atoms with Crippen molar-refractivity contribution in [3.63, 3.8) is 0 Å². The quantitative estimate of drug-likeness (QED) is 0.0635. The number of aliphatic hydroxyl groups excluding tert-OH is 1. The Balaban J connectivity index is 1.56. The van der Waals surface area contributed by atoms with Gasteiger partial charge in [-0.1, -0.05) is 17.2 Å². The van der Waals surface area contributed by atoms with Crippen LogP contribution in [-0.2, 0) is 9.37 Å². The second-order valence-corrected chi connectivity index (χ2v) is 8.68. The average Bonchev–Trinajstić information content (AvgIpc) is 2.91. The smallest absolute Gasteiger partial charge is 0.255 e. The topological polar surface area (TPSA) is 148 Å². The molecule has 0 heterocycles. The van der Waals surface area contributed by atoms with Crippen LogP contribution in [0.5, 0.6) is 5.75 Å². The van der Waals surface area contributed by atoms with Crippen molar-refractivity contribution in [2.45, 2.75) is 11.8 Å². The molecule has 0 atom stereocenters. The second-order valence-electron chi connectivity index (χ2n) is 7.90. The summed E-state index contributed by atoms with van der Waals surface area (Å²) in [5.41, 5.74) is 9.11. The minimum atomic E-state index is -0.323.